The molecule has 0 saturated carbocycles. The maximum absolute atomic E-state index is 11.8. The number of hydrogen-bond acceptors (Lipinski definition) is 3. The van der Waals surface area contributed by atoms with Crippen LogP contribution < -0.4 is 0 Å². The van der Waals surface area contributed by atoms with Gasteiger partial charge in [0.2, 0.25) is 0 Å². The summed E-state index contributed by atoms with van der Waals surface area (Å²) in [6.45, 7) is 2.41. The monoisotopic (exact) mass is 222 g/mol. The van der Waals surface area contributed by atoms with Crippen molar-refractivity contribution in [1.82, 2.24) is 8.61 Å². The summed E-state index contributed by atoms with van der Waals surface area (Å²) in [5, 5.41) is 9.02. The molecule has 84 valence electrons. The Labute approximate surface area is 85.5 Å². The molecular weight excluding hydrogens is 204 g/mol. The molecule has 1 N–H and O–H groups in total. The van der Waals surface area contributed by atoms with Gasteiger partial charge in [0.05, 0.1) is 0 Å². The summed E-state index contributed by atoms with van der Waals surface area (Å²) in [4.78, 5) is 0. The summed E-state index contributed by atoms with van der Waals surface area (Å²) in [6.07, 6.45) is 0.741. The summed E-state index contributed by atoms with van der Waals surface area (Å²) < 4.78 is 26.2. The minimum Gasteiger partial charge on any atom is -0.396 e. The maximum Gasteiger partial charge on any atom is 0.281 e. The van der Waals surface area contributed by atoms with E-state index in [9.17, 15) is 8.42 Å². The number of nitrogens with zero attached hydrogens (tertiary/aromatic N) is 2. The molecule has 2 unspecified atom stereocenters. The van der Waals surface area contributed by atoms with Crippen LogP contribution in [0.2, 0.25) is 0 Å². The Balaban J connectivity index is 2.82. The lowest BCUT2D eigenvalue weighted by Crippen LogP contribution is -2.43. The van der Waals surface area contributed by atoms with Gasteiger partial charge in [-0.25, -0.2) is 0 Å². The summed E-state index contributed by atoms with van der Waals surface area (Å²) in [5.41, 5.74) is 0. The first-order valence-corrected chi connectivity index (χ1v) is 6.11. The normalized spacial score (nSPS) is 30.1. The van der Waals surface area contributed by atoms with Crippen molar-refractivity contribution in [3.63, 3.8) is 0 Å². The van der Waals surface area contributed by atoms with Gasteiger partial charge in [-0.2, -0.15) is 17.0 Å². The molecule has 0 amide bonds. The first-order chi connectivity index (χ1) is 6.41. The third-order valence-corrected chi connectivity index (χ3v) is 4.88. The first-order valence-electron chi connectivity index (χ1n) is 4.71. The molecule has 1 aliphatic rings. The molecule has 0 aliphatic carbocycles. The average molecular weight is 222 g/mol. The van der Waals surface area contributed by atoms with Crippen LogP contribution in [-0.2, 0) is 10.2 Å². The van der Waals surface area contributed by atoms with Crippen LogP contribution in [0.5, 0.6) is 0 Å². The average Bonchev–Trinajstić information content (AvgIpc) is 2.46. The van der Waals surface area contributed by atoms with Gasteiger partial charge < -0.3 is 5.11 Å². The zero-order valence-corrected chi connectivity index (χ0v) is 9.66. The molecule has 0 aromatic rings. The fraction of sp³-hybridized carbons (Fsp3) is 1.00. The Morgan fingerprint density at radius 3 is 2.43 bits per heavy atom. The Hall–Kier alpha value is -0.170. The lowest BCUT2D eigenvalue weighted by atomic mass is 10.0. The number of hydrogen-bond donors (Lipinski definition) is 1. The number of aliphatic hydroxyl groups excluding tert-OH is 1. The van der Waals surface area contributed by atoms with Gasteiger partial charge in [-0.15, -0.1) is 0 Å². The highest BCUT2D eigenvalue weighted by atomic mass is 32.2. The van der Waals surface area contributed by atoms with Crippen molar-refractivity contribution < 1.29 is 13.5 Å². The fourth-order valence-electron chi connectivity index (χ4n) is 1.75. The van der Waals surface area contributed by atoms with Crippen LogP contribution >= 0.6 is 0 Å². The molecule has 0 aromatic heterocycles. The lowest BCUT2D eigenvalue weighted by molar-refractivity contribution is 0.204. The van der Waals surface area contributed by atoms with Gasteiger partial charge in [-0.1, -0.05) is 0 Å². The highest BCUT2D eigenvalue weighted by molar-refractivity contribution is 7.86. The maximum atomic E-state index is 11.8. The zero-order valence-electron chi connectivity index (χ0n) is 8.84. The van der Waals surface area contributed by atoms with E-state index < -0.39 is 10.2 Å². The van der Waals surface area contributed by atoms with Crippen molar-refractivity contribution in [1.29, 1.82) is 0 Å². The smallest absolute Gasteiger partial charge is 0.281 e. The molecule has 0 aromatic carbocycles. The quantitative estimate of drug-likeness (QED) is 0.700. The predicted octanol–water partition coefficient (Wildman–Crippen LogP) is -0.504. The van der Waals surface area contributed by atoms with Crippen LogP contribution in [0.3, 0.4) is 0 Å². The van der Waals surface area contributed by atoms with Crippen LogP contribution in [0.25, 0.3) is 0 Å². The third-order valence-electron chi connectivity index (χ3n) is 2.85. The second-order valence-corrected chi connectivity index (χ2v) is 5.97. The summed E-state index contributed by atoms with van der Waals surface area (Å²) >= 11 is 0. The fourth-order valence-corrected chi connectivity index (χ4v) is 3.10. The zero-order chi connectivity index (χ0) is 10.9. The van der Waals surface area contributed by atoms with Crippen molar-refractivity contribution in [2.24, 2.45) is 5.92 Å². The highest BCUT2D eigenvalue weighted by Crippen LogP contribution is 2.26. The van der Waals surface area contributed by atoms with Crippen LogP contribution in [0.15, 0.2) is 0 Å². The van der Waals surface area contributed by atoms with Gasteiger partial charge in [-0.05, 0) is 19.3 Å². The van der Waals surface area contributed by atoms with E-state index >= 15 is 0 Å². The molecular formula is C8H18N2O3S. The van der Waals surface area contributed by atoms with E-state index in [2.05, 4.69) is 0 Å². The van der Waals surface area contributed by atoms with Gasteiger partial charge in [0.1, 0.15) is 0 Å². The molecule has 1 fully saturated rings. The Bertz CT molecular complexity index is 289. The molecule has 1 heterocycles. The van der Waals surface area contributed by atoms with Gasteiger partial charge in [-0.3, -0.25) is 0 Å². The Morgan fingerprint density at radius 2 is 2.07 bits per heavy atom. The first kappa shape index (κ1) is 11.9. The predicted molar refractivity (Wildman–Crippen MR) is 54.0 cm³/mol. The lowest BCUT2D eigenvalue weighted by Gasteiger charge is -2.26. The number of aliphatic hydroxyl groups is 1. The summed E-state index contributed by atoms with van der Waals surface area (Å²) in [5.74, 6) is 0.0738. The van der Waals surface area contributed by atoms with E-state index in [1.165, 1.54) is 22.7 Å². The largest absolute Gasteiger partial charge is 0.396 e. The minimum atomic E-state index is -3.31. The molecule has 1 saturated heterocycles. The van der Waals surface area contributed by atoms with Crippen LogP contribution in [0, 0.1) is 5.92 Å². The van der Waals surface area contributed by atoms with E-state index in [4.69, 9.17) is 5.11 Å². The molecule has 1 aliphatic heterocycles. The van der Waals surface area contributed by atoms with Gasteiger partial charge in [0.25, 0.3) is 10.2 Å². The minimum absolute atomic E-state index is 0.0562. The molecule has 0 bridgehead atoms. The van der Waals surface area contributed by atoms with Gasteiger partial charge in [0, 0.05) is 33.3 Å². The summed E-state index contributed by atoms with van der Waals surface area (Å²) in [7, 11) is -0.269. The topological polar surface area (TPSA) is 60.9 Å². The van der Waals surface area contributed by atoms with E-state index in [1.54, 1.807) is 0 Å². The molecule has 6 heteroatoms. The second kappa shape index (κ2) is 4.14. The van der Waals surface area contributed by atoms with Gasteiger partial charge >= 0.3 is 0 Å². The Morgan fingerprint density at radius 1 is 1.50 bits per heavy atom. The highest BCUT2D eigenvalue weighted by Gasteiger charge is 2.38. The molecule has 1 rings (SSSR count). The SMILES string of the molecule is CC1C(CO)CCN1S(=O)(=O)N(C)C. The van der Waals surface area contributed by atoms with E-state index in [0.29, 0.717) is 6.54 Å². The van der Waals surface area contributed by atoms with Crippen molar-refractivity contribution in [2.75, 3.05) is 27.2 Å². The summed E-state index contributed by atoms with van der Waals surface area (Å²) in [6, 6.07) is -0.104. The van der Waals surface area contributed by atoms with Crippen LogP contribution in [-0.4, -0.2) is 55.4 Å². The van der Waals surface area contributed by atoms with E-state index in [-0.39, 0.29) is 18.6 Å². The molecule has 5 nitrogen and oxygen atoms in total. The van der Waals surface area contributed by atoms with Crippen molar-refractivity contribution >= 4 is 10.2 Å². The van der Waals surface area contributed by atoms with Crippen LogP contribution in [0.1, 0.15) is 13.3 Å². The number of rotatable bonds is 3. The molecule has 0 radical (unpaired) electrons. The van der Waals surface area contributed by atoms with Crippen molar-refractivity contribution in [3.05, 3.63) is 0 Å². The van der Waals surface area contributed by atoms with E-state index in [1.807, 2.05) is 6.92 Å². The van der Waals surface area contributed by atoms with Gasteiger partial charge in [0.15, 0.2) is 0 Å². The Kier molecular flexibility index (Phi) is 3.52. The standard InChI is InChI=1S/C8H18N2O3S/c1-7-8(6-11)4-5-10(7)14(12,13)9(2)3/h7-8,11H,4-6H2,1-3H3. The van der Waals surface area contributed by atoms with Crippen molar-refractivity contribution in [2.45, 2.75) is 19.4 Å². The van der Waals surface area contributed by atoms with Crippen molar-refractivity contribution in [3.8, 4) is 0 Å². The van der Waals surface area contributed by atoms with E-state index in [0.717, 1.165) is 6.42 Å². The molecule has 2 atom stereocenters. The third kappa shape index (κ3) is 1.93. The molecule has 0 spiro atoms. The second-order valence-electron chi connectivity index (χ2n) is 3.87. The molecule has 14 heavy (non-hydrogen) atoms. The van der Waals surface area contributed by atoms with Crippen LogP contribution in [0.4, 0.5) is 0 Å².